The molecule has 0 spiro atoms. The summed E-state index contributed by atoms with van der Waals surface area (Å²) in [4.78, 5) is 37.4. The SMILES string of the molecule is CC(C)(C)OC(=O)N[C@@H](Cc1ccccc1)C(=O)NCCCS(=O)(=O)N[C@@H](Cc1ccccc1)C(=O)OC[O-].[Na+]. The fourth-order valence-electron chi connectivity index (χ4n) is 3.56. The number of hydrogen-bond donors (Lipinski definition) is 3. The molecule has 11 nitrogen and oxygen atoms in total. The van der Waals surface area contributed by atoms with Gasteiger partial charge < -0.3 is 25.2 Å². The van der Waals surface area contributed by atoms with E-state index >= 15 is 0 Å². The Morgan fingerprint density at radius 1 is 0.900 bits per heavy atom. The Labute approximate surface area is 257 Å². The molecule has 0 aromatic heterocycles. The topological polar surface area (TPSA) is 163 Å². The summed E-state index contributed by atoms with van der Waals surface area (Å²) in [5.74, 6) is -1.87. The Bertz CT molecular complexity index is 1180. The van der Waals surface area contributed by atoms with Gasteiger partial charge in [-0.05, 0) is 44.7 Å². The number of amides is 2. The number of nitrogens with one attached hydrogen (secondary N) is 3. The maximum Gasteiger partial charge on any atom is 1.00 e. The molecule has 3 N–H and O–H groups in total. The summed E-state index contributed by atoms with van der Waals surface area (Å²) in [5.41, 5.74) is 0.745. The molecule has 40 heavy (non-hydrogen) atoms. The van der Waals surface area contributed by atoms with Crippen molar-refractivity contribution in [2.45, 2.75) is 57.7 Å². The van der Waals surface area contributed by atoms with E-state index in [-0.39, 0.29) is 55.4 Å². The van der Waals surface area contributed by atoms with Gasteiger partial charge in [0.05, 0.1) is 5.75 Å². The van der Waals surface area contributed by atoms with Crippen LogP contribution in [0.4, 0.5) is 4.79 Å². The summed E-state index contributed by atoms with van der Waals surface area (Å²) in [6.07, 6.45) is -0.512. The molecule has 0 saturated heterocycles. The zero-order valence-corrected chi connectivity index (χ0v) is 26.2. The second-order valence-electron chi connectivity index (χ2n) is 9.79. The predicted octanol–water partition coefficient (Wildman–Crippen LogP) is -1.98. The van der Waals surface area contributed by atoms with Gasteiger partial charge in [-0.15, -0.1) is 0 Å². The van der Waals surface area contributed by atoms with Crippen molar-refractivity contribution in [2.24, 2.45) is 0 Å². The summed E-state index contributed by atoms with van der Waals surface area (Å²) in [7, 11) is -3.96. The van der Waals surface area contributed by atoms with Crippen LogP contribution in [0.3, 0.4) is 0 Å². The second kappa shape index (κ2) is 17.4. The first-order chi connectivity index (χ1) is 18.4. The Morgan fingerprint density at radius 3 is 1.93 bits per heavy atom. The molecule has 2 rings (SSSR count). The van der Waals surface area contributed by atoms with Crippen LogP contribution >= 0.6 is 0 Å². The monoisotopic (exact) mass is 585 g/mol. The van der Waals surface area contributed by atoms with Crippen LogP contribution in [0.5, 0.6) is 0 Å². The standard InChI is InChI=1S/C27H36N3O8S.Na/c1-27(2,3)38-26(34)29-22(17-20-11-6-4-7-12-20)24(32)28-15-10-16-39(35,36)30-23(25(33)37-19-31)18-21-13-8-5-9-14-21;/h4-9,11-14,22-23,30H,10,15-19H2,1-3H3,(H,28,32)(H,29,34);/q-1;+1/t22-,23-;/m0./s1. The average molecular weight is 586 g/mol. The van der Waals surface area contributed by atoms with Crippen molar-refractivity contribution in [1.82, 2.24) is 15.4 Å². The van der Waals surface area contributed by atoms with E-state index in [9.17, 15) is 27.9 Å². The largest absolute Gasteiger partial charge is 1.00 e. The zero-order valence-electron chi connectivity index (χ0n) is 23.3. The number of carbonyl (C=O) groups is 3. The smallest absolute Gasteiger partial charge is 0.824 e. The summed E-state index contributed by atoms with van der Waals surface area (Å²) >= 11 is 0. The van der Waals surface area contributed by atoms with Gasteiger partial charge in [0.15, 0.2) is 0 Å². The summed E-state index contributed by atoms with van der Waals surface area (Å²) < 4.78 is 37.4. The van der Waals surface area contributed by atoms with E-state index in [4.69, 9.17) is 4.74 Å². The Morgan fingerprint density at radius 2 is 1.43 bits per heavy atom. The van der Waals surface area contributed by atoms with E-state index in [0.717, 1.165) is 5.56 Å². The van der Waals surface area contributed by atoms with Crippen molar-refractivity contribution >= 4 is 28.0 Å². The molecule has 0 aliphatic carbocycles. The first kappa shape index (κ1) is 35.5. The van der Waals surface area contributed by atoms with Crippen LogP contribution in [-0.4, -0.2) is 63.2 Å². The second-order valence-corrected chi connectivity index (χ2v) is 11.7. The van der Waals surface area contributed by atoms with Gasteiger partial charge in [0.25, 0.3) is 0 Å². The number of benzene rings is 2. The molecular weight excluding hydrogens is 549 g/mol. The summed E-state index contributed by atoms with van der Waals surface area (Å²) in [5, 5.41) is 16.0. The van der Waals surface area contributed by atoms with Crippen molar-refractivity contribution in [3.63, 3.8) is 0 Å². The van der Waals surface area contributed by atoms with Crippen LogP contribution in [0, 0.1) is 0 Å². The predicted molar refractivity (Wildman–Crippen MR) is 143 cm³/mol. The minimum absolute atomic E-state index is 0. The zero-order chi connectivity index (χ0) is 28.9. The van der Waals surface area contributed by atoms with Crippen molar-refractivity contribution in [1.29, 1.82) is 0 Å². The maximum atomic E-state index is 12.9. The Balaban J connectivity index is 0.00000800. The van der Waals surface area contributed by atoms with Gasteiger partial charge in [0.2, 0.25) is 15.9 Å². The van der Waals surface area contributed by atoms with Crippen LogP contribution < -0.4 is 50.0 Å². The summed E-state index contributed by atoms with van der Waals surface area (Å²) in [6.45, 7) is 3.99. The molecule has 2 aromatic carbocycles. The Kier molecular flexibility index (Phi) is 15.4. The fraction of sp³-hybridized carbons (Fsp3) is 0.444. The molecule has 0 aliphatic heterocycles. The third kappa shape index (κ3) is 14.2. The average Bonchev–Trinajstić information content (AvgIpc) is 2.86. The van der Waals surface area contributed by atoms with Crippen molar-refractivity contribution in [2.75, 3.05) is 19.1 Å². The molecule has 0 radical (unpaired) electrons. The van der Waals surface area contributed by atoms with E-state index in [1.807, 2.05) is 30.3 Å². The van der Waals surface area contributed by atoms with E-state index in [2.05, 4.69) is 20.1 Å². The first-order valence-electron chi connectivity index (χ1n) is 12.5. The molecule has 2 amide bonds. The van der Waals surface area contributed by atoms with Crippen LogP contribution in [-0.2, 0) is 41.9 Å². The molecule has 0 aliphatic rings. The third-order valence-electron chi connectivity index (χ3n) is 5.27. The van der Waals surface area contributed by atoms with E-state index in [1.165, 1.54) is 0 Å². The maximum absolute atomic E-state index is 12.9. The molecule has 0 bridgehead atoms. The van der Waals surface area contributed by atoms with Crippen LogP contribution in [0.1, 0.15) is 38.3 Å². The van der Waals surface area contributed by atoms with Gasteiger partial charge in [-0.1, -0.05) is 60.7 Å². The molecule has 214 valence electrons. The van der Waals surface area contributed by atoms with Crippen LogP contribution in [0.15, 0.2) is 60.7 Å². The van der Waals surface area contributed by atoms with Crippen molar-refractivity contribution < 1.29 is 66.9 Å². The molecule has 0 fully saturated rings. The molecule has 2 atom stereocenters. The van der Waals surface area contributed by atoms with Gasteiger partial charge in [-0.2, -0.15) is 0 Å². The number of esters is 1. The van der Waals surface area contributed by atoms with Gasteiger partial charge in [-0.3, -0.25) is 9.59 Å². The van der Waals surface area contributed by atoms with Crippen LogP contribution in [0.25, 0.3) is 0 Å². The van der Waals surface area contributed by atoms with E-state index in [0.29, 0.717) is 5.56 Å². The van der Waals surface area contributed by atoms with Gasteiger partial charge in [-0.25, -0.2) is 17.9 Å². The van der Waals surface area contributed by atoms with Gasteiger partial charge in [0, 0.05) is 19.8 Å². The number of rotatable bonds is 14. The van der Waals surface area contributed by atoms with Crippen molar-refractivity contribution in [3.05, 3.63) is 71.8 Å². The first-order valence-corrected chi connectivity index (χ1v) is 14.1. The van der Waals surface area contributed by atoms with Gasteiger partial charge in [0.1, 0.15) is 17.7 Å². The molecular formula is C27H36N3NaO8S. The quantitative estimate of drug-likeness (QED) is 0.0995. The number of sulfonamides is 1. The number of hydrogen-bond acceptors (Lipinski definition) is 8. The third-order valence-corrected chi connectivity index (χ3v) is 6.74. The van der Waals surface area contributed by atoms with Crippen LogP contribution in [0.2, 0.25) is 0 Å². The van der Waals surface area contributed by atoms with E-state index < -0.39 is 58.2 Å². The number of alkyl carbamates (subject to hydrolysis) is 1. The normalized spacial score (nSPS) is 12.8. The minimum atomic E-state index is -3.96. The molecule has 0 heterocycles. The number of carbonyl (C=O) groups excluding carboxylic acids is 3. The summed E-state index contributed by atoms with van der Waals surface area (Å²) in [6, 6.07) is 15.6. The molecule has 0 unspecified atom stereocenters. The molecule has 0 saturated carbocycles. The molecule has 13 heteroatoms. The van der Waals surface area contributed by atoms with Crippen molar-refractivity contribution in [3.8, 4) is 0 Å². The number of ether oxygens (including phenoxy) is 2. The minimum Gasteiger partial charge on any atom is -0.824 e. The molecule has 2 aromatic rings. The van der Waals surface area contributed by atoms with Gasteiger partial charge >= 0.3 is 41.6 Å². The van der Waals surface area contributed by atoms with E-state index in [1.54, 1.807) is 51.1 Å². The fourth-order valence-corrected chi connectivity index (χ4v) is 4.82. The Hall–Kier alpha value is -2.48.